The minimum atomic E-state index is -4.47. The zero-order valence-electron chi connectivity index (χ0n) is 17.3. The molecule has 31 heavy (non-hydrogen) atoms. The number of nitrogens with two attached hydrogens (primary N) is 1. The van der Waals surface area contributed by atoms with E-state index < -0.39 is 17.8 Å². The molecule has 164 valence electrons. The Morgan fingerprint density at radius 3 is 2.52 bits per heavy atom. The molecule has 1 fully saturated rings. The van der Waals surface area contributed by atoms with Gasteiger partial charge in [-0.1, -0.05) is 0 Å². The van der Waals surface area contributed by atoms with E-state index in [2.05, 4.69) is 25.5 Å². The monoisotopic (exact) mass is 431 g/mol. The maximum absolute atomic E-state index is 13.2. The number of pyridine rings is 1. The number of alkyl halides is 3. The lowest BCUT2D eigenvalue weighted by atomic mass is 10.0. The molecule has 1 aliphatic heterocycles. The van der Waals surface area contributed by atoms with Gasteiger partial charge in [0.15, 0.2) is 0 Å². The molecule has 1 atom stereocenters. The fraction of sp³-hybridized carbons (Fsp3) is 0.381. The molecule has 10 heteroatoms. The van der Waals surface area contributed by atoms with E-state index in [0.29, 0.717) is 28.7 Å². The van der Waals surface area contributed by atoms with Crippen LogP contribution < -0.4 is 21.3 Å². The van der Waals surface area contributed by atoms with E-state index in [1.54, 1.807) is 20.2 Å². The van der Waals surface area contributed by atoms with Gasteiger partial charge in [-0.15, -0.1) is 0 Å². The van der Waals surface area contributed by atoms with E-state index in [9.17, 15) is 13.2 Å². The second-order valence-electron chi connectivity index (χ2n) is 7.66. The Kier molecular flexibility index (Phi) is 5.47. The Morgan fingerprint density at radius 2 is 1.84 bits per heavy atom. The van der Waals surface area contributed by atoms with Gasteiger partial charge in [0.2, 0.25) is 5.95 Å². The summed E-state index contributed by atoms with van der Waals surface area (Å²) in [5, 5.41) is 6.98. The fourth-order valence-corrected chi connectivity index (χ4v) is 3.70. The number of aromatic nitrogens is 3. The number of nitrogen functional groups attached to an aromatic ring is 1. The van der Waals surface area contributed by atoms with Gasteiger partial charge in [0.25, 0.3) is 0 Å². The van der Waals surface area contributed by atoms with E-state index >= 15 is 0 Å². The van der Waals surface area contributed by atoms with E-state index in [4.69, 9.17) is 10.7 Å². The summed E-state index contributed by atoms with van der Waals surface area (Å²) in [7, 11) is 1.76. The quantitative estimate of drug-likeness (QED) is 0.515. The first kappa shape index (κ1) is 21.0. The minimum Gasteiger partial charge on any atom is -0.399 e. The molecular weight excluding hydrogens is 407 g/mol. The van der Waals surface area contributed by atoms with Gasteiger partial charge in [0.05, 0.1) is 23.3 Å². The number of nitrogens with zero attached hydrogens (tertiary/aromatic N) is 4. The average Bonchev–Trinajstić information content (AvgIpc) is 3.27. The maximum atomic E-state index is 13.2. The van der Waals surface area contributed by atoms with Crippen molar-refractivity contribution < 1.29 is 13.2 Å². The van der Waals surface area contributed by atoms with Gasteiger partial charge in [0.1, 0.15) is 11.6 Å². The van der Waals surface area contributed by atoms with E-state index in [1.807, 2.05) is 6.07 Å². The molecule has 2 aromatic heterocycles. The Hall–Kier alpha value is -3.30. The second kappa shape index (κ2) is 8.09. The van der Waals surface area contributed by atoms with Crippen molar-refractivity contribution in [3.8, 4) is 0 Å². The Bertz CT molecular complexity index is 1090. The van der Waals surface area contributed by atoms with Crippen LogP contribution in [0.25, 0.3) is 10.9 Å². The van der Waals surface area contributed by atoms with Crippen LogP contribution in [0.15, 0.2) is 30.5 Å². The molecule has 0 bridgehead atoms. The molecule has 1 saturated heterocycles. The van der Waals surface area contributed by atoms with Gasteiger partial charge in [-0.2, -0.15) is 18.2 Å². The molecule has 0 unspecified atom stereocenters. The normalized spacial score (nSPS) is 15.3. The minimum absolute atomic E-state index is 0.0606. The molecule has 0 saturated carbocycles. The topological polar surface area (TPSA) is 92.0 Å². The standard InChI is InChI=1S/C21H24F3N7/c1-12(13-7-14(21(22,23)24)9-15(25)8-13)28-19-16-10-18(26-2)27-11-17(16)29-20(30-19)31-5-3-4-6-31/h7-12H,3-6,25H2,1-2H3,(H,26,27)(H,28,29,30)/t12-/m1/s1. The SMILES string of the molecule is CNc1cc2c(N[C@H](C)c3cc(N)cc(C(F)(F)F)c3)nc(N3CCCC3)nc2cn1. The maximum Gasteiger partial charge on any atom is 0.416 e. The molecule has 1 aliphatic rings. The van der Waals surface area contributed by atoms with Crippen molar-refractivity contribution in [1.82, 2.24) is 15.0 Å². The first-order valence-corrected chi connectivity index (χ1v) is 10.1. The number of rotatable bonds is 5. The van der Waals surface area contributed by atoms with Crippen LogP contribution in [0.2, 0.25) is 0 Å². The molecule has 0 aliphatic carbocycles. The highest BCUT2D eigenvalue weighted by molar-refractivity contribution is 5.91. The third kappa shape index (κ3) is 4.42. The molecule has 3 aromatic rings. The number of hydrogen-bond donors (Lipinski definition) is 3. The lowest BCUT2D eigenvalue weighted by Crippen LogP contribution is -2.21. The third-order valence-electron chi connectivity index (χ3n) is 5.37. The van der Waals surface area contributed by atoms with Crippen LogP contribution in [0.4, 0.5) is 36.4 Å². The number of benzene rings is 1. The third-order valence-corrected chi connectivity index (χ3v) is 5.37. The van der Waals surface area contributed by atoms with Crippen LogP contribution in [0, 0.1) is 0 Å². The van der Waals surface area contributed by atoms with Gasteiger partial charge < -0.3 is 21.3 Å². The molecule has 0 spiro atoms. The Morgan fingerprint density at radius 1 is 1.10 bits per heavy atom. The summed E-state index contributed by atoms with van der Waals surface area (Å²) >= 11 is 0. The Labute approximate surface area is 177 Å². The van der Waals surface area contributed by atoms with E-state index in [-0.39, 0.29) is 5.69 Å². The van der Waals surface area contributed by atoms with E-state index in [1.165, 1.54) is 6.07 Å². The summed E-state index contributed by atoms with van der Waals surface area (Å²) in [5.74, 6) is 1.76. The van der Waals surface area contributed by atoms with Crippen molar-refractivity contribution in [2.75, 3.05) is 41.4 Å². The lowest BCUT2D eigenvalue weighted by Gasteiger charge is -2.21. The molecule has 4 N–H and O–H groups in total. The predicted molar refractivity (Wildman–Crippen MR) is 116 cm³/mol. The zero-order valence-corrected chi connectivity index (χ0v) is 17.3. The summed E-state index contributed by atoms with van der Waals surface area (Å²) in [4.78, 5) is 15.8. The first-order chi connectivity index (χ1) is 14.7. The van der Waals surface area contributed by atoms with E-state index in [0.717, 1.165) is 43.5 Å². The predicted octanol–water partition coefficient (Wildman–Crippen LogP) is 4.44. The fourth-order valence-electron chi connectivity index (χ4n) is 3.70. The van der Waals surface area contributed by atoms with Crippen molar-refractivity contribution in [1.29, 1.82) is 0 Å². The highest BCUT2D eigenvalue weighted by Crippen LogP contribution is 2.34. The van der Waals surface area contributed by atoms with Crippen LogP contribution in [0.5, 0.6) is 0 Å². The average molecular weight is 431 g/mol. The largest absolute Gasteiger partial charge is 0.416 e. The van der Waals surface area contributed by atoms with Gasteiger partial charge in [-0.25, -0.2) is 9.97 Å². The summed E-state index contributed by atoms with van der Waals surface area (Å²) in [5.41, 5.74) is 6.11. The molecule has 3 heterocycles. The Balaban J connectivity index is 1.75. The van der Waals surface area contributed by atoms with Crippen molar-refractivity contribution in [3.05, 3.63) is 41.6 Å². The molecule has 7 nitrogen and oxygen atoms in total. The second-order valence-corrected chi connectivity index (χ2v) is 7.66. The summed E-state index contributed by atoms with van der Waals surface area (Å²) in [6.07, 6.45) is -0.662. The first-order valence-electron chi connectivity index (χ1n) is 10.1. The van der Waals surface area contributed by atoms with Gasteiger partial charge in [-0.3, -0.25) is 0 Å². The molecule has 4 rings (SSSR count). The van der Waals surface area contributed by atoms with Crippen LogP contribution in [0.1, 0.15) is 36.9 Å². The van der Waals surface area contributed by atoms with Crippen molar-refractivity contribution in [2.24, 2.45) is 0 Å². The lowest BCUT2D eigenvalue weighted by molar-refractivity contribution is -0.137. The number of hydrogen-bond acceptors (Lipinski definition) is 7. The molecule has 1 aromatic carbocycles. The van der Waals surface area contributed by atoms with Crippen molar-refractivity contribution >= 4 is 34.2 Å². The van der Waals surface area contributed by atoms with Crippen molar-refractivity contribution in [3.63, 3.8) is 0 Å². The molecule has 0 radical (unpaired) electrons. The number of halogens is 3. The highest BCUT2D eigenvalue weighted by Gasteiger charge is 2.31. The summed E-state index contributed by atoms with van der Waals surface area (Å²) < 4.78 is 39.7. The smallest absolute Gasteiger partial charge is 0.399 e. The van der Waals surface area contributed by atoms with Crippen LogP contribution >= 0.6 is 0 Å². The van der Waals surface area contributed by atoms with Crippen LogP contribution in [-0.4, -0.2) is 35.1 Å². The van der Waals surface area contributed by atoms with Gasteiger partial charge >= 0.3 is 6.18 Å². The molecular formula is C21H24F3N7. The summed E-state index contributed by atoms with van der Waals surface area (Å²) in [6, 6.07) is 4.93. The number of anilines is 4. The van der Waals surface area contributed by atoms with Crippen LogP contribution in [0.3, 0.4) is 0 Å². The van der Waals surface area contributed by atoms with Gasteiger partial charge in [0, 0.05) is 31.2 Å². The summed E-state index contributed by atoms with van der Waals surface area (Å²) in [6.45, 7) is 3.51. The highest BCUT2D eigenvalue weighted by atomic mass is 19.4. The number of nitrogens with one attached hydrogen (secondary N) is 2. The van der Waals surface area contributed by atoms with Crippen LogP contribution in [-0.2, 0) is 6.18 Å². The zero-order chi connectivity index (χ0) is 22.2. The van der Waals surface area contributed by atoms with Gasteiger partial charge in [-0.05, 0) is 49.6 Å². The number of fused-ring (bicyclic) bond motifs is 1. The van der Waals surface area contributed by atoms with Crippen molar-refractivity contribution in [2.45, 2.75) is 32.0 Å². The molecule has 0 amide bonds.